The fourth-order valence-corrected chi connectivity index (χ4v) is 2.30. The van der Waals surface area contributed by atoms with E-state index in [1.54, 1.807) is 0 Å². The number of hydrogen-bond acceptors (Lipinski definition) is 1. The van der Waals surface area contributed by atoms with Gasteiger partial charge >= 0.3 is 5.55 Å². The smallest absolute Gasteiger partial charge is 0.373 e. The van der Waals surface area contributed by atoms with Crippen LogP contribution in [0.15, 0.2) is 77.2 Å². The first-order valence-corrected chi connectivity index (χ1v) is 7.03. The standard InChI is InChI=1S/C19H18NO/c1-15-13-18(16-9-5-3-6-10-16)21-19(14-15)20(2)17-11-7-4-8-12-17/h3-14H,1-2H3/q+1. The highest BCUT2D eigenvalue weighted by molar-refractivity contribution is 5.57. The number of nitrogens with zero attached hydrogens (tertiary/aromatic N) is 1. The molecule has 2 aromatic carbocycles. The second kappa shape index (κ2) is 5.80. The summed E-state index contributed by atoms with van der Waals surface area (Å²) in [5.41, 5.74) is 4.20. The molecule has 0 aliphatic heterocycles. The molecular weight excluding hydrogens is 258 g/mol. The Balaban J connectivity index is 2.19. The van der Waals surface area contributed by atoms with E-state index in [-0.39, 0.29) is 0 Å². The molecule has 0 unspecified atom stereocenters. The normalized spacial score (nSPS) is 12.1. The van der Waals surface area contributed by atoms with Crippen LogP contribution < -0.4 is 10.1 Å². The molecule has 3 rings (SSSR count). The molecule has 0 spiro atoms. The summed E-state index contributed by atoms with van der Waals surface area (Å²) in [4.78, 5) is 0. The molecule has 0 amide bonds. The van der Waals surface area contributed by atoms with Crippen LogP contribution in [0.1, 0.15) is 5.56 Å². The Labute approximate surface area is 124 Å². The molecule has 0 N–H and O–H groups in total. The van der Waals surface area contributed by atoms with Gasteiger partial charge in [0.15, 0.2) is 0 Å². The van der Waals surface area contributed by atoms with Gasteiger partial charge in [-0.25, -0.2) is 0 Å². The molecule has 0 aliphatic carbocycles. The minimum atomic E-state index is 0.833. The second-order valence-corrected chi connectivity index (χ2v) is 5.10. The number of benzene rings is 2. The van der Waals surface area contributed by atoms with Gasteiger partial charge in [-0.05, 0) is 18.6 Å². The van der Waals surface area contributed by atoms with E-state index in [0.29, 0.717) is 0 Å². The van der Waals surface area contributed by atoms with E-state index in [4.69, 9.17) is 4.42 Å². The Morgan fingerprint density at radius 3 is 2.10 bits per heavy atom. The molecule has 0 aliphatic rings. The maximum absolute atomic E-state index is 6.09. The molecule has 0 radical (unpaired) electrons. The summed E-state index contributed by atoms with van der Waals surface area (Å²) in [5, 5.41) is 0. The monoisotopic (exact) mass is 276 g/mol. The lowest BCUT2D eigenvalue weighted by Gasteiger charge is -2.02. The third kappa shape index (κ3) is 2.95. The third-order valence-electron chi connectivity index (χ3n) is 3.46. The van der Waals surface area contributed by atoms with Crippen molar-refractivity contribution >= 4 is 5.69 Å². The molecule has 0 atom stereocenters. The Morgan fingerprint density at radius 2 is 1.43 bits per heavy atom. The van der Waals surface area contributed by atoms with Crippen LogP contribution in [0, 0.1) is 6.92 Å². The van der Waals surface area contributed by atoms with Crippen LogP contribution in [-0.2, 0) is 0 Å². The van der Waals surface area contributed by atoms with Crippen molar-refractivity contribution in [2.24, 2.45) is 0 Å². The van der Waals surface area contributed by atoms with Gasteiger partial charge in [0.05, 0.1) is 6.07 Å². The van der Waals surface area contributed by atoms with E-state index in [1.165, 1.54) is 5.56 Å². The number of para-hydroxylation sites is 1. The lowest BCUT2D eigenvalue weighted by molar-refractivity contribution is 0.476. The summed E-state index contributed by atoms with van der Waals surface area (Å²) < 4.78 is 8.14. The zero-order valence-electron chi connectivity index (χ0n) is 12.3. The first kappa shape index (κ1) is 13.4. The van der Waals surface area contributed by atoms with Crippen molar-refractivity contribution in [1.29, 1.82) is 0 Å². The SMILES string of the molecule is Cc1cc(-c2ccccc2)oc(=[N+](C)c2ccccc2)c1. The maximum atomic E-state index is 6.09. The summed E-state index contributed by atoms with van der Waals surface area (Å²) in [6.45, 7) is 2.09. The van der Waals surface area contributed by atoms with Gasteiger partial charge in [-0.2, -0.15) is 4.58 Å². The molecule has 0 bridgehead atoms. The van der Waals surface area contributed by atoms with Gasteiger partial charge < -0.3 is 4.42 Å². The van der Waals surface area contributed by atoms with Crippen LogP contribution in [0.2, 0.25) is 0 Å². The van der Waals surface area contributed by atoms with Crippen molar-refractivity contribution in [2.45, 2.75) is 6.92 Å². The zero-order chi connectivity index (χ0) is 14.7. The Kier molecular flexibility index (Phi) is 3.69. The van der Waals surface area contributed by atoms with Gasteiger partial charge in [0.2, 0.25) is 5.69 Å². The van der Waals surface area contributed by atoms with E-state index in [2.05, 4.69) is 47.9 Å². The van der Waals surface area contributed by atoms with Gasteiger partial charge in [0, 0.05) is 17.7 Å². The van der Waals surface area contributed by atoms with Crippen molar-refractivity contribution in [3.63, 3.8) is 0 Å². The summed E-state index contributed by atoms with van der Waals surface area (Å²) in [6.07, 6.45) is 0. The summed E-state index contributed by atoms with van der Waals surface area (Å²) in [7, 11) is 2.02. The minimum Gasteiger partial charge on any atom is -0.404 e. The van der Waals surface area contributed by atoms with Gasteiger partial charge in [-0.3, -0.25) is 0 Å². The summed E-state index contributed by atoms with van der Waals surface area (Å²) in [5.74, 6) is 0.883. The zero-order valence-corrected chi connectivity index (χ0v) is 12.3. The second-order valence-electron chi connectivity index (χ2n) is 5.10. The minimum absolute atomic E-state index is 0.833. The van der Waals surface area contributed by atoms with Crippen LogP contribution in [-0.4, -0.2) is 7.05 Å². The van der Waals surface area contributed by atoms with Crippen molar-refractivity contribution in [2.75, 3.05) is 7.05 Å². The van der Waals surface area contributed by atoms with E-state index < -0.39 is 0 Å². The highest BCUT2D eigenvalue weighted by Crippen LogP contribution is 2.18. The largest absolute Gasteiger partial charge is 0.404 e. The van der Waals surface area contributed by atoms with Crippen LogP contribution in [0.4, 0.5) is 5.69 Å². The van der Waals surface area contributed by atoms with Crippen LogP contribution in [0.5, 0.6) is 0 Å². The molecule has 0 fully saturated rings. The average Bonchev–Trinajstić information content (AvgIpc) is 2.55. The molecule has 1 aromatic heterocycles. The molecule has 0 saturated carbocycles. The van der Waals surface area contributed by atoms with Crippen molar-refractivity contribution in [3.8, 4) is 11.3 Å². The number of aryl methyl sites for hydroxylation is 1. The van der Waals surface area contributed by atoms with E-state index in [1.807, 2.05) is 43.4 Å². The Hall–Kier alpha value is -2.61. The van der Waals surface area contributed by atoms with E-state index >= 15 is 0 Å². The first-order valence-electron chi connectivity index (χ1n) is 7.03. The van der Waals surface area contributed by atoms with E-state index in [9.17, 15) is 0 Å². The topological polar surface area (TPSA) is 16.1 Å². The molecule has 21 heavy (non-hydrogen) atoms. The average molecular weight is 276 g/mol. The summed E-state index contributed by atoms with van der Waals surface area (Å²) in [6, 6.07) is 24.5. The van der Waals surface area contributed by atoms with E-state index in [0.717, 1.165) is 22.6 Å². The van der Waals surface area contributed by atoms with Gasteiger partial charge in [-0.15, -0.1) is 0 Å². The van der Waals surface area contributed by atoms with Crippen LogP contribution >= 0.6 is 0 Å². The molecule has 104 valence electrons. The lowest BCUT2D eigenvalue weighted by Crippen LogP contribution is -2.21. The van der Waals surface area contributed by atoms with Gasteiger partial charge in [0.1, 0.15) is 12.8 Å². The molecule has 3 aromatic rings. The Bertz CT molecular complexity index is 802. The van der Waals surface area contributed by atoms with Crippen LogP contribution in [0.25, 0.3) is 11.3 Å². The molecular formula is C19H18NO+. The van der Waals surface area contributed by atoms with Gasteiger partial charge in [-0.1, -0.05) is 48.5 Å². The maximum Gasteiger partial charge on any atom is 0.373 e. The quantitative estimate of drug-likeness (QED) is 0.646. The molecule has 1 heterocycles. The fraction of sp³-hybridized carbons (Fsp3) is 0.105. The Morgan fingerprint density at radius 1 is 0.810 bits per heavy atom. The predicted molar refractivity (Wildman–Crippen MR) is 86.2 cm³/mol. The first-order chi connectivity index (χ1) is 10.2. The number of rotatable bonds is 2. The highest BCUT2D eigenvalue weighted by Gasteiger charge is 2.08. The van der Waals surface area contributed by atoms with Crippen molar-refractivity contribution in [1.82, 2.24) is 4.58 Å². The van der Waals surface area contributed by atoms with Crippen molar-refractivity contribution < 1.29 is 4.42 Å². The fourth-order valence-electron chi connectivity index (χ4n) is 2.30. The predicted octanol–water partition coefficient (Wildman–Crippen LogP) is 3.99. The molecule has 2 nitrogen and oxygen atoms in total. The van der Waals surface area contributed by atoms with Crippen molar-refractivity contribution in [3.05, 3.63) is 83.9 Å². The molecule has 2 heteroatoms. The number of hydrogen-bond donors (Lipinski definition) is 0. The molecule has 0 saturated heterocycles. The third-order valence-corrected chi connectivity index (χ3v) is 3.46. The van der Waals surface area contributed by atoms with Gasteiger partial charge in [0.25, 0.3) is 0 Å². The lowest BCUT2D eigenvalue weighted by atomic mass is 10.1. The van der Waals surface area contributed by atoms with Crippen LogP contribution in [0.3, 0.4) is 0 Å². The summed E-state index contributed by atoms with van der Waals surface area (Å²) >= 11 is 0. The highest BCUT2D eigenvalue weighted by atomic mass is 16.3.